The molecule has 0 aromatic heterocycles. The van der Waals surface area contributed by atoms with Crippen molar-refractivity contribution in [3.8, 4) is 5.75 Å². The van der Waals surface area contributed by atoms with E-state index in [9.17, 15) is 9.59 Å². The molecule has 0 unspecified atom stereocenters. The molecule has 0 fully saturated rings. The lowest BCUT2D eigenvalue weighted by Gasteiger charge is -2.31. The van der Waals surface area contributed by atoms with Crippen LogP contribution in [0.1, 0.15) is 44.2 Å². The van der Waals surface area contributed by atoms with Gasteiger partial charge in [0.1, 0.15) is 11.8 Å². The molecule has 0 spiro atoms. The normalized spacial score (nSPS) is 11.6. The number of unbranched alkanes of at least 4 members (excludes halogenated alkanes) is 1. The number of amides is 2. The van der Waals surface area contributed by atoms with Crippen LogP contribution < -0.4 is 10.1 Å². The van der Waals surface area contributed by atoms with E-state index in [4.69, 9.17) is 4.74 Å². The first-order chi connectivity index (χ1) is 14.5. The maximum Gasteiger partial charge on any atom is 0.261 e. The standard InChI is InChI=1S/C24H31IN2O3/c1-4-6-15-26-24(29)22(5-2)27(16-19-10-8-7-9-18(19)3)23(28)17-30-21-13-11-20(25)12-14-21/h7-14,22H,4-6,15-17H2,1-3H3,(H,26,29)/t22-/m1/s1. The molecule has 0 aliphatic carbocycles. The summed E-state index contributed by atoms with van der Waals surface area (Å²) in [4.78, 5) is 27.6. The topological polar surface area (TPSA) is 58.6 Å². The minimum atomic E-state index is -0.533. The number of halogens is 1. The Kier molecular flexibility index (Phi) is 10.1. The monoisotopic (exact) mass is 522 g/mol. The van der Waals surface area contributed by atoms with Crippen LogP contribution >= 0.6 is 22.6 Å². The summed E-state index contributed by atoms with van der Waals surface area (Å²) in [5, 5.41) is 2.98. The van der Waals surface area contributed by atoms with Crippen molar-refractivity contribution in [2.24, 2.45) is 0 Å². The Balaban J connectivity index is 2.17. The Labute approximate surface area is 193 Å². The van der Waals surface area contributed by atoms with Gasteiger partial charge in [-0.25, -0.2) is 0 Å². The fourth-order valence-electron chi connectivity index (χ4n) is 3.16. The van der Waals surface area contributed by atoms with Crippen LogP contribution in [0.3, 0.4) is 0 Å². The van der Waals surface area contributed by atoms with Crippen molar-refractivity contribution in [2.75, 3.05) is 13.2 Å². The number of nitrogens with one attached hydrogen (secondary N) is 1. The largest absolute Gasteiger partial charge is 0.484 e. The van der Waals surface area contributed by atoms with E-state index in [1.54, 1.807) is 4.90 Å². The van der Waals surface area contributed by atoms with Crippen LogP contribution in [0, 0.1) is 10.5 Å². The van der Waals surface area contributed by atoms with Gasteiger partial charge in [0.2, 0.25) is 5.91 Å². The zero-order valence-corrected chi connectivity index (χ0v) is 20.1. The summed E-state index contributed by atoms with van der Waals surface area (Å²) in [6, 6.07) is 15.0. The van der Waals surface area contributed by atoms with Gasteiger partial charge in [-0.05, 0) is 77.7 Å². The quantitative estimate of drug-likeness (QED) is 0.344. The molecular formula is C24H31IN2O3. The maximum atomic E-state index is 13.2. The molecule has 0 bridgehead atoms. The Morgan fingerprint density at radius 2 is 1.80 bits per heavy atom. The first-order valence-corrected chi connectivity index (χ1v) is 11.5. The minimum Gasteiger partial charge on any atom is -0.484 e. The smallest absolute Gasteiger partial charge is 0.261 e. The van der Waals surface area contributed by atoms with Crippen molar-refractivity contribution in [1.29, 1.82) is 0 Å². The fraction of sp³-hybridized carbons (Fsp3) is 0.417. The summed E-state index contributed by atoms with van der Waals surface area (Å²) in [6.07, 6.45) is 2.47. The molecular weight excluding hydrogens is 491 g/mol. The summed E-state index contributed by atoms with van der Waals surface area (Å²) in [6.45, 7) is 6.92. The van der Waals surface area contributed by atoms with Crippen molar-refractivity contribution in [2.45, 2.75) is 52.6 Å². The van der Waals surface area contributed by atoms with Gasteiger partial charge < -0.3 is 15.0 Å². The molecule has 0 radical (unpaired) electrons. The molecule has 1 atom stereocenters. The lowest BCUT2D eigenvalue weighted by Crippen LogP contribution is -2.50. The van der Waals surface area contributed by atoms with Gasteiger partial charge in [-0.1, -0.05) is 44.5 Å². The number of benzene rings is 2. The highest BCUT2D eigenvalue weighted by molar-refractivity contribution is 14.1. The third-order valence-electron chi connectivity index (χ3n) is 4.99. The van der Waals surface area contributed by atoms with E-state index in [0.717, 1.165) is 27.5 Å². The molecule has 6 heteroatoms. The van der Waals surface area contributed by atoms with Crippen LogP contribution in [-0.4, -0.2) is 35.9 Å². The van der Waals surface area contributed by atoms with Crippen LogP contribution in [0.2, 0.25) is 0 Å². The molecule has 2 aromatic rings. The van der Waals surface area contributed by atoms with Gasteiger partial charge in [0, 0.05) is 16.7 Å². The highest BCUT2D eigenvalue weighted by atomic mass is 127. The van der Waals surface area contributed by atoms with E-state index in [1.807, 2.05) is 62.4 Å². The second kappa shape index (κ2) is 12.6. The third-order valence-corrected chi connectivity index (χ3v) is 5.71. The van der Waals surface area contributed by atoms with Crippen molar-refractivity contribution in [1.82, 2.24) is 10.2 Å². The fourth-order valence-corrected chi connectivity index (χ4v) is 3.52. The molecule has 0 heterocycles. The van der Waals surface area contributed by atoms with Crippen LogP contribution in [-0.2, 0) is 16.1 Å². The van der Waals surface area contributed by atoms with Gasteiger partial charge in [-0.2, -0.15) is 0 Å². The Morgan fingerprint density at radius 1 is 1.10 bits per heavy atom. The maximum absolute atomic E-state index is 13.2. The van der Waals surface area contributed by atoms with Crippen molar-refractivity contribution < 1.29 is 14.3 Å². The number of aryl methyl sites for hydroxylation is 1. The van der Waals surface area contributed by atoms with Crippen LogP contribution in [0.4, 0.5) is 0 Å². The summed E-state index contributed by atoms with van der Waals surface area (Å²) in [5.74, 6) is 0.330. The van der Waals surface area contributed by atoms with Gasteiger partial charge in [0.25, 0.3) is 5.91 Å². The minimum absolute atomic E-state index is 0.106. The number of nitrogens with zero attached hydrogens (tertiary/aromatic N) is 1. The van der Waals surface area contributed by atoms with Gasteiger partial charge >= 0.3 is 0 Å². The number of carbonyl (C=O) groups excluding carboxylic acids is 2. The molecule has 0 saturated carbocycles. The molecule has 2 rings (SSSR count). The summed E-state index contributed by atoms with van der Waals surface area (Å²) >= 11 is 2.22. The van der Waals surface area contributed by atoms with E-state index in [2.05, 4.69) is 34.8 Å². The van der Waals surface area contributed by atoms with E-state index >= 15 is 0 Å². The average molecular weight is 522 g/mol. The lowest BCUT2D eigenvalue weighted by molar-refractivity contribution is -0.143. The first-order valence-electron chi connectivity index (χ1n) is 10.5. The number of ether oxygens (including phenoxy) is 1. The second-order valence-corrected chi connectivity index (χ2v) is 8.50. The Hall–Kier alpha value is -2.09. The van der Waals surface area contributed by atoms with Crippen LogP contribution in [0.15, 0.2) is 48.5 Å². The lowest BCUT2D eigenvalue weighted by atomic mass is 10.1. The van der Waals surface area contributed by atoms with E-state index in [-0.39, 0.29) is 18.4 Å². The highest BCUT2D eigenvalue weighted by Crippen LogP contribution is 2.17. The number of carbonyl (C=O) groups is 2. The van der Waals surface area contributed by atoms with Crippen molar-refractivity contribution >= 4 is 34.4 Å². The number of hydrogen-bond donors (Lipinski definition) is 1. The van der Waals surface area contributed by atoms with Crippen LogP contribution in [0.25, 0.3) is 0 Å². The van der Waals surface area contributed by atoms with Gasteiger partial charge in [0.05, 0.1) is 0 Å². The SMILES string of the molecule is CCCCNC(=O)[C@@H](CC)N(Cc1ccccc1C)C(=O)COc1ccc(I)cc1. The second-order valence-electron chi connectivity index (χ2n) is 7.26. The molecule has 162 valence electrons. The van der Waals surface area contributed by atoms with Gasteiger partial charge in [-0.15, -0.1) is 0 Å². The molecule has 5 nitrogen and oxygen atoms in total. The van der Waals surface area contributed by atoms with E-state index < -0.39 is 6.04 Å². The predicted octanol–water partition coefficient (Wildman–Crippen LogP) is 4.70. The molecule has 30 heavy (non-hydrogen) atoms. The molecule has 0 saturated heterocycles. The summed E-state index contributed by atoms with van der Waals surface area (Å²) in [7, 11) is 0. The zero-order chi connectivity index (χ0) is 21.9. The number of rotatable bonds is 11. The van der Waals surface area contributed by atoms with E-state index in [1.165, 1.54) is 0 Å². The molecule has 0 aliphatic rings. The van der Waals surface area contributed by atoms with Crippen molar-refractivity contribution in [3.05, 3.63) is 63.2 Å². The van der Waals surface area contributed by atoms with Gasteiger partial charge in [0.15, 0.2) is 6.61 Å². The van der Waals surface area contributed by atoms with Gasteiger partial charge in [-0.3, -0.25) is 9.59 Å². The molecule has 2 aromatic carbocycles. The average Bonchev–Trinajstić information content (AvgIpc) is 2.74. The molecule has 0 aliphatic heterocycles. The van der Waals surface area contributed by atoms with E-state index in [0.29, 0.717) is 25.3 Å². The third kappa shape index (κ3) is 7.31. The zero-order valence-electron chi connectivity index (χ0n) is 18.0. The molecule has 2 amide bonds. The highest BCUT2D eigenvalue weighted by Gasteiger charge is 2.29. The summed E-state index contributed by atoms with van der Waals surface area (Å²) in [5.41, 5.74) is 2.12. The number of hydrogen-bond acceptors (Lipinski definition) is 3. The Morgan fingerprint density at radius 3 is 2.43 bits per heavy atom. The Bertz CT molecular complexity index is 823. The van der Waals surface area contributed by atoms with Crippen molar-refractivity contribution in [3.63, 3.8) is 0 Å². The van der Waals surface area contributed by atoms with Crippen LogP contribution in [0.5, 0.6) is 5.75 Å². The first kappa shape index (κ1) is 24.2. The summed E-state index contributed by atoms with van der Waals surface area (Å²) < 4.78 is 6.82. The predicted molar refractivity (Wildman–Crippen MR) is 128 cm³/mol. The molecule has 1 N–H and O–H groups in total.